The molecule has 0 amide bonds. The Hall–Kier alpha value is -2.02. The molecule has 438 valence electrons. The first-order valence-electron chi connectivity index (χ1n) is 26.4. The van der Waals surface area contributed by atoms with Gasteiger partial charge in [-0.15, -0.1) is 0 Å². The zero-order valence-corrected chi connectivity index (χ0v) is 44.9. The van der Waals surface area contributed by atoms with Crippen LogP contribution < -0.4 is 4.91 Å². The fourth-order valence-electron chi connectivity index (χ4n) is 6.45. The number of rotatable bonds is 63. The molecule has 25 nitrogen and oxygen atoms in total. The lowest BCUT2D eigenvalue weighted by Crippen LogP contribution is -2.39. The van der Waals surface area contributed by atoms with Gasteiger partial charge in [-0.25, -0.2) is 0 Å². The number of methoxy groups -OCH3 is 1. The topological polar surface area (TPSA) is 261 Å². The molecule has 1 N–H and O–H groups in total. The first-order valence-corrected chi connectivity index (χ1v) is 26.4. The summed E-state index contributed by atoms with van der Waals surface area (Å²) >= 11 is 0. The number of hydrogen-bond acceptors (Lipinski definition) is 24. The molecule has 0 bridgehead atoms. The van der Waals surface area contributed by atoms with E-state index >= 15 is 0 Å². The Balaban J connectivity index is 1.61. The van der Waals surface area contributed by atoms with Gasteiger partial charge >= 0.3 is 5.97 Å². The SMILES string of the molecule is COC(=O)C1(COCCOCCOCCOCCOCCOCCOCCOCCOCCOCCOCCOCCOCCOCCOCCOCCOCCOCCOCCOCCN=[N+]=N)CCCCC1. The summed E-state index contributed by atoms with van der Waals surface area (Å²) in [6.07, 6.45) is 4.86. The average molecular weight is 1080 g/mol. The van der Waals surface area contributed by atoms with Gasteiger partial charge in [-0.1, -0.05) is 19.3 Å². The zero-order valence-electron chi connectivity index (χ0n) is 44.9. The van der Waals surface area contributed by atoms with Crippen LogP contribution in [0.5, 0.6) is 0 Å². The van der Waals surface area contributed by atoms with E-state index in [1.54, 1.807) is 0 Å². The van der Waals surface area contributed by atoms with Crippen LogP contribution in [0.1, 0.15) is 32.1 Å². The summed E-state index contributed by atoms with van der Waals surface area (Å²) in [6, 6.07) is 0. The number of ether oxygens (including phenoxy) is 21. The quantitative estimate of drug-likeness (QED) is 0.0395. The summed E-state index contributed by atoms with van der Waals surface area (Å²) < 4.78 is 115. The molecule has 0 aromatic rings. The molecule has 1 rings (SSSR count). The van der Waals surface area contributed by atoms with Crippen LogP contribution in [0.2, 0.25) is 0 Å². The lowest BCUT2D eigenvalue weighted by atomic mass is 9.74. The Morgan fingerprint density at radius 3 is 0.703 bits per heavy atom. The molecule has 0 atom stereocenters. The van der Waals surface area contributed by atoms with Gasteiger partial charge in [0.2, 0.25) is 4.91 Å². The van der Waals surface area contributed by atoms with E-state index in [1.807, 2.05) is 0 Å². The summed E-state index contributed by atoms with van der Waals surface area (Å²) in [5.41, 5.74) is 6.03. The Morgan fingerprint density at radius 1 is 0.324 bits per heavy atom. The Labute approximate surface area is 440 Å². The van der Waals surface area contributed by atoms with Crippen LogP contribution in [0.3, 0.4) is 0 Å². The fraction of sp³-hybridized carbons (Fsp3) is 0.980. The molecule has 0 unspecified atom stereocenters. The van der Waals surface area contributed by atoms with E-state index in [1.165, 1.54) is 7.11 Å². The van der Waals surface area contributed by atoms with Crippen molar-refractivity contribution in [2.45, 2.75) is 32.1 Å². The number of nitrogens with one attached hydrogen (secondary N) is 1. The lowest BCUT2D eigenvalue weighted by Gasteiger charge is -2.34. The number of hydrogen-bond donors (Lipinski definition) is 1. The molecule has 0 saturated heterocycles. The molecule has 0 aromatic carbocycles. The normalized spacial score (nSPS) is 13.4. The molecule has 0 radical (unpaired) electrons. The van der Waals surface area contributed by atoms with Crippen LogP contribution in [0.25, 0.3) is 0 Å². The minimum Gasteiger partial charge on any atom is -0.469 e. The molecule has 0 aliphatic heterocycles. The van der Waals surface area contributed by atoms with E-state index in [-0.39, 0.29) is 5.97 Å². The second-order valence-corrected chi connectivity index (χ2v) is 16.0. The number of esters is 1. The summed E-state index contributed by atoms with van der Waals surface area (Å²) in [6.45, 7) is 19.5. The maximum Gasteiger partial charge on any atom is 0.314 e. The van der Waals surface area contributed by atoms with Gasteiger partial charge in [0.1, 0.15) is 17.2 Å². The summed E-state index contributed by atoms with van der Waals surface area (Å²) in [7, 11) is 1.44. The van der Waals surface area contributed by atoms with Crippen molar-refractivity contribution in [2.24, 2.45) is 10.5 Å². The highest BCUT2D eigenvalue weighted by atomic mass is 16.6. The van der Waals surface area contributed by atoms with Crippen molar-refractivity contribution in [3.63, 3.8) is 0 Å². The van der Waals surface area contributed by atoms with Crippen molar-refractivity contribution in [3.05, 3.63) is 0 Å². The highest BCUT2D eigenvalue weighted by molar-refractivity contribution is 5.77. The van der Waals surface area contributed by atoms with E-state index in [0.29, 0.717) is 271 Å². The minimum absolute atomic E-state index is 0.164. The highest BCUT2D eigenvalue weighted by Crippen LogP contribution is 2.37. The molecule has 1 aliphatic rings. The smallest absolute Gasteiger partial charge is 0.314 e. The molecule has 74 heavy (non-hydrogen) atoms. The third-order valence-electron chi connectivity index (χ3n) is 10.3. The van der Waals surface area contributed by atoms with Crippen molar-refractivity contribution in [3.8, 4) is 0 Å². The van der Waals surface area contributed by atoms with E-state index in [4.69, 9.17) is 105 Å². The second-order valence-electron chi connectivity index (χ2n) is 16.0. The van der Waals surface area contributed by atoms with Gasteiger partial charge in [0.05, 0.1) is 277 Å². The largest absolute Gasteiger partial charge is 0.469 e. The number of carbonyl (C=O) groups is 1. The van der Waals surface area contributed by atoms with Gasteiger partial charge in [0.15, 0.2) is 0 Å². The maximum atomic E-state index is 12.3. The van der Waals surface area contributed by atoms with Crippen LogP contribution in [-0.2, 0) is 104 Å². The predicted octanol–water partition coefficient (Wildman–Crippen LogP) is 1.99. The van der Waals surface area contributed by atoms with Crippen molar-refractivity contribution < 1.29 is 104 Å². The third kappa shape index (κ3) is 50.8. The number of carbonyl (C=O) groups excluding carboxylic acids is 1. The van der Waals surface area contributed by atoms with Crippen LogP contribution in [-0.4, -0.2) is 284 Å². The van der Waals surface area contributed by atoms with Crippen molar-refractivity contribution in [1.29, 1.82) is 5.53 Å². The van der Waals surface area contributed by atoms with Gasteiger partial charge in [0.25, 0.3) is 0 Å². The molecular formula is C49H96N3O22+. The average Bonchev–Trinajstić information content (AvgIpc) is 3.42. The van der Waals surface area contributed by atoms with Gasteiger partial charge < -0.3 is 99.5 Å². The van der Waals surface area contributed by atoms with Crippen LogP contribution >= 0.6 is 0 Å². The first kappa shape index (κ1) is 70.0. The zero-order chi connectivity index (χ0) is 52.9. The maximum absolute atomic E-state index is 12.3. The minimum atomic E-state index is -0.500. The summed E-state index contributed by atoms with van der Waals surface area (Å²) in [4.78, 5) is 15.2. The van der Waals surface area contributed by atoms with Crippen molar-refractivity contribution in [2.75, 3.05) is 278 Å². The Morgan fingerprint density at radius 2 is 0.514 bits per heavy atom. The van der Waals surface area contributed by atoms with Crippen molar-refractivity contribution >= 4 is 5.97 Å². The Kier molecular flexibility index (Phi) is 57.0. The van der Waals surface area contributed by atoms with E-state index in [9.17, 15) is 4.79 Å². The molecule has 0 aromatic heterocycles. The van der Waals surface area contributed by atoms with Crippen LogP contribution in [0.15, 0.2) is 5.11 Å². The standard InChI is InChI=1S/C49H96N3O22/c1-54-48(53)49(5-3-2-4-6-49)47-74-46-45-73-44-43-72-42-41-71-40-39-70-38-37-69-36-35-68-34-33-67-32-31-66-30-29-65-28-27-64-26-25-63-24-23-62-22-21-61-20-19-60-18-17-59-16-15-58-14-13-57-12-11-56-10-9-55-8-7-51-52-50/h50H,2-47H2,1H3/q+1. The molecule has 25 heteroatoms. The van der Waals surface area contributed by atoms with E-state index < -0.39 is 5.41 Å². The molecule has 1 saturated carbocycles. The Bertz CT molecular complexity index is 1180. The molecular weight excluding hydrogens is 983 g/mol. The molecule has 0 heterocycles. The lowest BCUT2D eigenvalue weighted by molar-refractivity contribution is -0.160. The van der Waals surface area contributed by atoms with Gasteiger partial charge in [-0.2, -0.15) is 0 Å². The molecule has 1 fully saturated rings. The predicted molar refractivity (Wildman–Crippen MR) is 266 cm³/mol. The molecule has 1 aliphatic carbocycles. The highest BCUT2D eigenvalue weighted by Gasteiger charge is 2.40. The second kappa shape index (κ2) is 60.2. The molecule has 0 spiro atoms. The third-order valence-corrected chi connectivity index (χ3v) is 10.3. The van der Waals surface area contributed by atoms with Gasteiger partial charge in [-0.3, -0.25) is 4.79 Å². The monoisotopic (exact) mass is 1080 g/mol. The summed E-state index contributed by atoms with van der Waals surface area (Å²) in [5.74, 6) is -0.164. The van der Waals surface area contributed by atoms with Gasteiger partial charge in [-0.05, 0) is 12.8 Å². The van der Waals surface area contributed by atoms with Crippen molar-refractivity contribution in [1.82, 2.24) is 4.91 Å². The van der Waals surface area contributed by atoms with E-state index in [0.717, 1.165) is 32.1 Å². The van der Waals surface area contributed by atoms with E-state index in [2.05, 4.69) is 10.0 Å². The first-order chi connectivity index (χ1) is 36.7. The fourth-order valence-corrected chi connectivity index (χ4v) is 6.45. The van der Waals surface area contributed by atoms with Gasteiger partial charge in [0, 0.05) is 0 Å². The summed E-state index contributed by atoms with van der Waals surface area (Å²) in [5, 5.41) is 3.49. The van der Waals surface area contributed by atoms with Crippen LogP contribution in [0, 0.1) is 10.9 Å². The number of nitrogens with zero attached hydrogens (tertiary/aromatic N) is 2. The van der Waals surface area contributed by atoms with Crippen LogP contribution in [0.4, 0.5) is 0 Å².